The highest BCUT2D eigenvalue weighted by atomic mass is 35.5. The van der Waals surface area contributed by atoms with Crippen LogP contribution < -0.4 is 15.0 Å². The molecule has 4 fully saturated rings. The van der Waals surface area contributed by atoms with Gasteiger partial charge < -0.3 is 19.9 Å². The van der Waals surface area contributed by atoms with Gasteiger partial charge in [-0.2, -0.15) is 5.26 Å². The van der Waals surface area contributed by atoms with Crippen molar-refractivity contribution in [3.05, 3.63) is 58.6 Å². The van der Waals surface area contributed by atoms with Crippen molar-refractivity contribution in [1.29, 1.82) is 5.26 Å². The van der Waals surface area contributed by atoms with Crippen LogP contribution in [0.25, 0.3) is 0 Å². The van der Waals surface area contributed by atoms with Crippen LogP contribution in [0.15, 0.2) is 42.5 Å². The number of nitrogens with zero attached hydrogens (tertiary/aromatic N) is 4. The summed E-state index contributed by atoms with van der Waals surface area (Å²) < 4.78 is 6.24. The molecule has 39 heavy (non-hydrogen) atoms. The van der Waals surface area contributed by atoms with E-state index < -0.39 is 0 Å². The number of piperidine rings is 2. The number of piperazine rings is 1. The summed E-state index contributed by atoms with van der Waals surface area (Å²) in [6, 6.07) is 16.0. The smallest absolute Gasteiger partial charge is 0.254 e. The number of halogens is 1. The molecule has 8 heteroatoms. The molecule has 4 aliphatic heterocycles. The van der Waals surface area contributed by atoms with Crippen LogP contribution in [0, 0.1) is 17.2 Å². The van der Waals surface area contributed by atoms with Crippen LogP contribution in [0.2, 0.25) is 5.02 Å². The number of ether oxygens (including phenoxy) is 1. The number of benzene rings is 2. The van der Waals surface area contributed by atoms with Crippen molar-refractivity contribution in [2.75, 3.05) is 50.7 Å². The SMILES string of the molecule is N#Cc1ccc(OC2CC3CCC(C2)N3C(=O)c2ccc(N3CCN(CC4CCNCC4)CC3)cc2)cc1Cl. The van der Waals surface area contributed by atoms with E-state index in [1.807, 2.05) is 12.1 Å². The monoisotopic (exact) mass is 547 g/mol. The Morgan fingerprint density at radius 3 is 2.31 bits per heavy atom. The maximum absolute atomic E-state index is 13.6. The number of carbonyl (C=O) groups excluding carboxylic acids is 1. The summed E-state index contributed by atoms with van der Waals surface area (Å²) in [7, 11) is 0. The lowest BCUT2D eigenvalue weighted by Gasteiger charge is -2.39. The van der Waals surface area contributed by atoms with Gasteiger partial charge in [-0.3, -0.25) is 9.69 Å². The molecule has 0 aromatic heterocycles. The fourth-order valence-corrected chi connectivity index (χ4v) is 7.20. The summed E-state index contributed by atoms with van der Waals surface area (Å²) in [5.41, 5.74) is 2.44. The second-order valence-corrected chi connectivity index (χ2v) is 12.0. The lowest BCUT2D eigenvalue weighted by Crippen LogP contribution is -2.49. The summed E-state index contributed by atoms with van der Waals surface area (Å²) in [4.78, 5) is 20.8. The first-order valence-corrected chi connectivity index (χ1v) is 14.9. The number of anilines is 1. The molecule has 2 aromatic carbocycles. The van der Waals surface area contributed by atoms with Gasteiger partial charge in [-0.1, -0.05) is 11.6 Å². The molecular weight excluding hydrogens is 510 g/mol. The van der Waals surface area contributed by atoms with Gasteiger partial charge in [0.25, 0.3) is 5.91 Å². The maximum Gasteiger partial charge on any atom is 0.254 e. The Bertz CT molecular complexity index is 1190. The number of rotatable bonds is 6. The van der Waals surface area contributed by atoms with Gasteiger partial charge in [-0.05, 0) is 81.1 Å². The minimum absolute atomic E-state index is 0.0476. The van der Waals surface area contributed by atoms with Crippen molar-refractivity contribution in [2.24, 2.45) is 5.92 Å². The van der Waals surface area contributed by atoms with Crippen LogP contribution in [-0.2, 0) is 0 Å². The molecule has 1 amide bonds. The van der Waals surface area contributed by atoms with E-state index in [9.17, 15) is 4.79 Å². The van der Waals surface area contributed by atoms with Gasteiger partial charge in [0.1, 0.15) is 17.9 Å². The Morgan fingerprint density at radius 2 is 1.67 bits per heavy atom. The standard InChI is InChI=1S/C31H38ClN5O2/c32-30-19-28(8-3-24(30)20-33)39-29-17-26-6-7-27(18-29)37(26)31(38)23-1-4-25(5-2-23)36-15-13-35(14-16-36)21-22-9-11-34-12-10-22/h1-5,8,19,22,26-27,29,34H,6-7,9-18,21H2. The van der Waals surface area contributed by atoms with Crippen LogP contribution in [-0.4, -0.2) is 79.7 Å². The summed E-state index contributed by atoms with van der Waals surface area (Å²) in [6.07, 6.45) is 6.32. The van der Waals surface area contributed by atoms with Crippen LogP contribution in [0.4, 0.5) is 5.69 Å². The Morgan fingerprint density at radius 1 is 0.974 bits per heavy atom. The Hall–Kier alpha value is -2.79. The number of hydrogen-bond donors (Lipinski definition) is 1. The van der Waals surface area contributed by atoms with Crippen LogP contribution in [0.3, 0.4) is 0 Å². The lowest BCUT2D eigenvalue weighted by molar-refractivity contribution is 0.0359. The van der Waals surface area contributed by atoms with Gasteiger partial charge in [0.2, 0.25) is 0 Å². The van der Waals surface area contributed by atoms with Gasteiger partial charge >= 0.3 is 0 Å². The lowest BCUT2D eigenvalue weighted by atomic mass is 9.97. The minimum Gasteiger partial charge on any atom is -0.490 e. The third-order valence-corrected chi connectivity index (χ3v) is 9.43. The van der Waals surface area contributed by atoms with E-state index in [0.29, 0.717) is 16.3 Å². The molecule has 2 bridgehead atoms. The van der Waals surface area contributed by atoms with E-state index in [0.717, 1.165) is 76.4 Å². The van der Waals surface area contributed by atoms with E-state index in [-0.39, 0.29) is 24.1 Å². The van der Waals surface area contributed by atoms with E-state index in [1.165, 1.54) is 25.1 Å². The van der Waals surface area contributed by atoms with Crippen LogP contribution in [0.5, 0.6) is 5.75 Å². The molecule has 2 aromatic rings. The van der Waals surface area contributed by atoms with Crippen molar-refractivity contribution in [1.82, 2.24) is 15.1 Å². The summed E-state index contributed by atoms with van der Waals surface area (Å²) in [6.45, 7) is 7.86. The van der Waals surface area contributed by atoms with E-state index >= 15 is 0 Å². The molecule has 2 atom stereocenters. The summed E-state index contributed by atoms with van der Waals surface area (Å²) >= 11 is 6.19. The van der Waals surface area contributed by atoms with Gasteiger partial charge in [-0.25, -0.2) is 0 Å². The molecule has 4 saturated heterocycles. The van der Waals surface area contributed by atoms with Gasteiger partial charge in [-0.15, -0.1) is 0 Å². The second-order valence-electron chi connectivity index (χ2n) is 11.6. The van der Waals surface area contributed by atoms with E-state index in [2.05, 4.69) is 38.2 Å². The first-order chi connectivity index (χ1) is 19.1. The molecule has 2 unspecified atom stereocenters. The number of carbonyl (C=O) groups is 1. The fourth-order valence-electron chi connectivity index (χ4n) is 6.99. The topological polar surface area (TPSA) is 71.8 Å². The number of amides is 1. The van der Waals surface area contributed by atoms with E-state index in [4.69, 9.17) is 21.6 Å². The summed E-state index contributed by atoms with van der Waals surface area (Å²) in [5, 5.41) is 13.0. The Balaban J connectivity index is 1.02. The zero-order chi connectivity index (χ0) is 26.8. The molecule has 0 radical (unpaired) electrons. The largest absolute Gasteiger partial charge is 0.490 e. The molecule has 0 spiro atoms. The first kappa shape index (κ1) is 26.4. The number of nitriles is 1. The number of hydrogen-bond acceptors (Lipinski definition) is 6. The Labute approximate surface area is 236 Å². The van der Waals surface area contributed by atoms with E-state index in [1.54, 1.807) is 18.2 Å². The molecular formula is C31H38ClN5O2. The molecule has 0 saturated carbocycles. The van der Waals surface area contributed by atoms with Crippen molar-refractivity contribution < 1.29 is 9.53 Å². The van der Waals surface area contributed by atoms with Crippen LogP contribution >= 0.6 is 11.6 Å². The average molecular weight is 548 g/mol. The van der Waals surface area contributed by atoms with Crippen LogP contribution in [0.1, 0.15) is 54.4 Å². The molecule has 4 heterocycles. The fraction of sp³-hybridized carbons (Fsp3) is 0.548. The molecule has 4 aliphatic rings. The molecule has 1 N–H and O–H groups in total. The second kappa shape index (κ2) is 11.8. The third kappa shape index (κ3) is 5.89. The number of nitrogens with one attached hydrogen (secondary N) is 1. The summed E-state index contributed by atoms with van der Waals surface area (Å²) in [5.74, 6) is 1.66. The first-order valence-electron chi connectivity index (χ1n) is 14.5. The zero-order valence-electron chi connectivity index (χ0n) is 22.5. The molecule has 7 nitrogen and oxygen atoms in total. The minimum atomic E-state index is 0.0476. The predicted octanol–water partition coefficient (Wildman–Crippen LogP) is 4.55. The highest BCUT2D eigenvalue weighted by molar-refractivity contribution is 6.31. The number of fused-ring (bicyclic) bond motifs is 2. The maximum atomic E-state index is 13.6. The third-order valence-electron chi connectivity index (χ3n) is 9.11. The zero-order valence-corrected chi connectivity index (χ0v) is 23.3. The van der Waals surface area contributed by atoms with Crippen molar-refractivity contribution in [3.8, 4) is 11.8 Å². The van der Waals surface area contributed by atoms with Crippen molar-refractivity contribution in [3.63, 3.8) is 0 Å². The van der Waals surface area contributed by atoms with Crippen molar-refractivity contribution in [2.45, 2.75) is 56.7 Å². The van der Waals surface area contributed by atoms with Crippen molar-refractivity contribution >= 4 is 23.2 Å². The molecule has 0 aliphatic carbocycles. The quantitative estimate of drug-likeness (QED) is 0.572. The average Bonchev–Trinajstić information content (AvgIpc) is 3.23. The molecule has 206 valence electrons. The predicted molar refractivity (Wildman–Crippen MR) is 153 cm³/mol. The highest BCUT2D eigenvalue weighted by Gasteiger charge is 2.44. The van der Waals surface area contributed by atoms with Gasteiger partial charge in [0, 0.05) is 75.0 Å². The van der Waals surface area contributed by atoms with Gasteiger partial charge in [0.05, 0.1) is 10.6 Å². The van der Waals surface area contributed by atoms with Gasteiger partial charge in [0.15, 0.2) is 0 Å². The Kier molecular flexibility index (Phi) is 7.97. The normalized spacial score (nSPS) is 25.9. The highest BCUT2D eigenvalue weighted by Crippen LogP contribution is 2.39. The molecule has 6 rings (SSSR count).